The Morgan fingerprint density at radius 1 is 0.906 bits per heavy atom. The summed E-state index contributed by atoms with van der Waals surface area (Å²) >= 11 is 0. The summed E-state index contributed by atoms with van der Waals surface area (Å²) in [6.07, 6.45) is 0. The van der Waals surface area contributed by atoms with E-state index in [0.29, 0.717) is 31.0 Å². The quantitative estimate of drug-likeness (QED) is 0.546. The van der Waals surface area contributed by atoms with Gasteiger partial charge in [-0.1, -0.05) is 30.3 Å². The van der Waals surface area contributed by atoms with Crippen LogP contribution in [0.1, 0.15) is 11.6 Å². The molecule has 0 bridgehead atoms. The van der Waals surface area contributed by atoms with Gasteiger partial charge in [-0.05, 0) is 43.9 Å². The van der Waals surface area contributed by atoms with E-state index in [2.05, 4.69) is 27.2 Å². The Kier molecular flexibility index (Phi) is 6.46. The smallest absolute Gasteiger partial charge is 0.253 e. The minimum Gasteiger partial charge on any atom is -0.497 e. The molecule has 1 aliphatic rings. The zero-order valence-corrected chi connectivity index (χ0v) is 18.9. The lowest BCUT2D eigenvalue weighted by molar-refractivity contribution is 0.311. The van der Waals surface area contributed by atoms with Crippen molar-refractivity contribution in [2.75, 3.05) is 69.0 Å². The van der Waals surface area contributed by atoms with Crippen LogP contribution in [0.3, 0.4) is 0 Å². The predicted octanol–water partition coefficient (Wildman–Crippen LogP) is 2.33. The summed E-state index contributed by atoms with van der Waals surface area (Å²) in [6.45, 7) is 3.58. The van der Waals surface area contributed by atoms with Gasteiger partial charge in [-0.3, -0.25) is 9.59 Å². The number of benzene rings is 2. The van der Waals surface area contributed by atoms with E-state index in [1.165, 1.54) is 5.69 Å². The average molecular weight is 435 g/mol. The summed E-state index contributed by atoms with van der Waals surface area (Å²) in [5.41, 5.74) is 2.48. The second kappa shape index (κ2) is 9.44. The van der Waals surface area contributed by atoms with E-state index in [0.717, 1.165) is 24.4 Å². The molecule has 7 heteroatoms. The summed E-state index contributed by atoms with van der Waals surface area (Å²) in [5, 5.41) is 3.28. The zero-order chi connectivity index (χ0) is 22.7. The molecule has 3 aromatic carbocycles. The molecule has 4 rings (SSSR count). The Morgan fingerprint density at radius 3 is 2.12 bits per heavy atom. The number of hydrogen-bond acceptors (Lipinski definition) is 7. The molecule has 32 heavy (non-hydrogen) atoms. The van der Waals surface area contributed by atoms with E-state index in [1.807, 2.05) is 61.5 Å². The first-order valence-electron chi connectivity index (χ1n) is 10.9. The molecule has 1 N–H and O–H groups in total. The highest BCUT2D eigenvalue weighted by molar-refractivity contribution is 5.75. The maximum Gasteiger partial charge on any atom is 0.253 e. The highest BCUT2D eigenvalue weighted by Gasteiger charge is 2.29. The summed E-state index contributed by atoms with van der Waals surface area (Å²) in [4.78, 5) is 31.2. The third-order valence-corrected chi connectivity index (χ3v) is 6.20. The van der Waals surface area contributed by atoms with Crippen LogP contribution < -0.4 is 30.7 Å². The normalized spacial score (nSPS) is 15.2. The van der Waals surface area contributed by atoms with Gasteiger partial charge in [0.25, 0.3) is 10.9 Å². The van der Waals surface area contributed by atoms with Crippen molar-refractivity contribution in [3.8, 4) is 5.75 Å². The summed E-state index contributed by atoms with van der Waals surface area (Å²) in [6, 6.07) is 18.2. The van der Waals surface area contributed by atoms with Gasteiger partial charge in [-0.25, -0.2) is 0 Å². The van der Waals surface area contributed by atoms with E-state index < -0.39 is 5.43 Å². The van der Waals surface area contributed by atoms with E-state index in [1.54, 1.807) is 7.11 Å². The standard InChI is InChI=1S/C25H30N4O3/c1-27(2)21(18-9-11-20(32-3)12-10-18)17-26-22-23(25(31)24(22)30)29-15-13-28(14-16-29)19-7-5-4-6-8-19/h4-12,21,26H,13-17H2,1-3H3. The molecule has 0 spiro atoms. The SMILES string of the molecule is COc1ccc(C(CNc2c(N3CCN(c4ccccc4)CC3)c(=O)c2=O)N(C)C)cc1. The molecule has 1 unspecified atom stereocenters. The van der Waals surface area contributed by atoms with Gasteiger partial charge >= 0.3 is 0 Å². The van der Waals surface area contributed by atoms with Gasteiger partial charge in [0.05, 0.1) is 13.2 Å². The van der Waals surface area contributed by atoms with Gasteiger partial charge in [-0.15, -0.1) is 0 Å². The molecule has 0 radical (unpaired) electrons. The molecular weight excluding hydrogens is 404 g/mol. The molecule has 1 atom stereocenters. The Morgan fingerprint density at radius 2 is 1.53 bits per heavy atom. The highest BCUT2D eigenvalue weighted by atomic mass is 16.5. The second-order valence-electron chi connectivity index (χ2n) is 8.32. The lowest BCUT2D eigenvalue weighted by Gasteiger charge is -2.38. The first-order valence-corrected chi connectivity index (χ1v) is 10.9. The van der Waals surface area contributed by atoms with Crippen molar-refractivity contribution in [1.82, 2.24) is 4.90 Å². The van der Waals surface area contributed by atoms with Gasteiger partial charge in [0, 0.05) is 38.4 Å². The van der Waals surface area contributed by atoms with Crippen molar-refractivity contribution in [2.45, 2.75) is 6.04 Å². The lowest BCUT2D eigenvalue weighted by atomic mass is 10.0. The number of hydrogen-bond donors (Lipinski definition) is 1. The largest absolute Gasteiger partial charge is 0.497 e. The van der Waals surface area contributed by atoms with Crippen molar-refractivity contribution in [3.63, 3.8) is 0 Å². The monoisotopic (exact) mass is 434 g/mol. The molecule has 168 valence electrons. The minimum atomic E-state index is -0.419. The van der Waals surface area contributed by atoms with E-state index >= 15 is 0 Å². The fraction of sp³-hybridized carbons (Fsp3) is 0.360. The molecule has 1 fully saturated rings. The van der Waals surface area contributed by atoms with Gasteiger partial charge in [-0.2, -0.15) is 0 Å². The summed E-state index contributed by atoms with van der Waals surface area (Å²) < 4.78 is 5.25. The number of para-hydroxylation sites is 1. The molecule has 0 saturated carbocycles. The summed E-state index contributed by atoms with van der Waals surface area (Å²) in [7, 11) is 5.65. The Balaban J connectivity index is 1.44. The van der Waals surface area contributed by atoms with Crippen molar-refractivity contribution in [2.24, 2.45) is 0 Å². The number of ether oxygens (including phenoxy) is 1. The minimum absolute atomic E-state index is 0.0492. The first-order chi connectivity index (χ1) is 15.5. The molecule has 0 amide bonds. The highest BCUT2D eigenvalue weighted by Crippen LogP contribution is 2.26. The number of rotatable bonds is 8. The Labute approximate surface area is 188 Å². The lowest BCUT2D eigenvalue weighted by Crippen LogP contribution is -2.51. The fourth-order valence-corrected chi connectivity index (χ4v) is 4.30. The first kappa shape index (κ1) is 21.9. The van der Waals surface area contributed by atoms with Crippen LogP contribution in [0.4, 0.5) is 17.1 Å². The van der Waals surface area contributed by atoms with Gasteiger partial charge in [0.15, 0.2) is 0 Å². The van der Waals surface area contributed by atoms with Gasteiger partial charge < -0.3 is 24.8 Å². The number of nitrogens with one attached hydrogen (secondary N) is 1. The average Bonchev–Trinajstić information content (AvgIpc) is 2.84. The van der Waals surface area contributed by atoms with Crippen LogP contribution in [0.2, 0.25) is 0 Å². The third kappa shape index (κ3) is 4.34. The van der Waals surface area contributed by atoms with Crippen molar-refractivity contribution in [1.29, 1.82) is 0 Å². The van der Waals surface area contributed by atoms with Crippen LogP contribution in [-0.4, -0.2) is 58.8 Å². The Bertz CT molecular complexity index is 1100. The fourth-order valence-electron chi connectivity index (χ4n) is 4.30. The molecule has 1 aliphatic heterocycles. The van der Waals surface area contributed by atoms with E-state index in [-0.39, 0.29) is 11.5 Å². The van der Waals surface area contributed by atoms with E-state index in [9.17, 15) is 9.59 Å². The maximum absolute atomic E-state index is 12.4. The van der Waals surface area contributed by atoms with Crippen LogP contribution in [0.5, 0.6) is 5.75 Å². The number of likely N-dealkylation sites (N-methyl/N-ethyl adjacent to an activating group) is 1. The molecule has 0 aliphatic carbocycles. The molecule has 1 heterocycles. The molecule has 0 aromatic heterocycles. The zero-order valence-electron chi connectivity index (χ0n) is 18.9. The van der Waals surface area contributed by atoms with Crippen LogP contribution in [0.25, 0.3) is 0 Å². The maximum atomic E-state index is 12.4. The van der Waals surface area contributed by atoms with Crippen molar-refractivity contribution < 1.29 is 4.74 Å². The van der Waals surface area contributed by atoms with Crippen molar-refractivity contribution >= 4 is 17.1 Å². The molecule has 3 aromatic rings. The van der Waals surface area contributed by atoms with Gasteiger partial charge in [0.2, 0.25) is 0 Å². The second-order valence-corrected chi connectivity index (χ2v) is 8.32. The van der Waals surface area contributed by atoms with Crippen LogP contribution in [0, 0.1) is 0 Å². The van der Waals surface area contributed by atoms with Gasteiger partial charge in [0.1, 0.15) is 17.1 Å². The van der Waals surface area contributed by atoms with E-state index in [4.69, 9.17) is 4.74 Å². The molecule has 7 nitrogen and oxygen atoms in total. The number of anilines is 3. The molecule has 1 saturated heterocycles. The topological polar surface area (TPSA) is 65.1 Å². The molecular formula is C25H30N4O3. The Hall–Kier alpha value is -3.32. The van der Waals surface area contributed by atoms with Crippen molar-refractivity contribution in [3.05, 3.63) is 80.6 Å². The number of methoxy groups -OCH3 is 1. The van der Waals surface area contributed by atoms with Crippen LogP contribution in [-0.2, 0) is 0 Å². The number of nitrogens with zero attached hydrogens (tertiary/aromatic N) is 3. The third-order valence-electron chi connectivity index (χ3n) is 6.20. The predicted molar refractivity (Wildman–Crippen MR) is 130 cm³/mol. The summed E-state index contributed by atoms with van der Waals surface area (Å²) in [5.74, 6) is 0.804. The van der Waals surface area contributed by atoms with Crippen LogP contribution in [0.15, 0.2) is 64.2 Å². The van der Waals surface area contributed by atoms with Crippen LogP contribution >= 0.6 is 0 Å². The number of piperazine rings is 1.